The summed E-state index contributed by atoms with van der Waals surface area (Å²) in [5, 5.41) is 47.1. The van der Waals surface area contributed by atoms with Crippen molar-refractivity contribution in [1.29, 1.82) is 0 Å². The number of unbranched alkanes of at least 4 members (excludes halogenated alkanes) is 1. The molecule has 0 aliphatic carbocycles. The molecule has 1 aliphatic rings. The third-order valence-electron chi connectivity index (χ3n) is 23.0. The molecule has 9 rings (SSSR count). The lowest BCUT2D eigenvalue weighted by molar-refractivity contribution is -0.151. The summed E-state index contributed by atoms with van der Waals surface area (Å²) in [5.41, 5.74) is 20.9. The smallest absolute Gasteiger partial charge is 0.246 e. The molecule has 0 bridgehead atoms. The molecule has 1 saturated heterocycles. The number of nitrogens with two attached hydrogens (primary N) is 3. The Morgan fingerprint density at radius 3 is 1.52 bits per heavy atom. The molecule has 0 spiro atoms. The highest BCUT2D eigenvalue weighted by Gasteiger charge is 2.42. The predicted octanol–water partition coefficient (Wildman–Crippen LogP) is 1.57. The molecule has 16 amide bonds. The fraction of sp³-hybridized carbons (Fsp3) is 0.396. The number of aromatic amines is 1. The molecule has 37 heteroatoms. The molecule has 1 aromatic heterocycles. The van der Waals surface area contributed by atoms with Crippen LogP contribution in [-0.2, 0) is 115 Å². The summed E-state index contributed by atoms with van der Waals surface area (Å²) < 4.78 is 0. The molecule has 11 atom stereocenters. The van der Waals surface area contributed by atoms with Gasteiger partial charge in [0, 0.05) is 96.6 Å². The Hall–Kier alpha value is -14.2. The minimum absolute atomic E-state index is 0.0201. The minimum Gasteiger partial charge on any atom is -0.508 e. The number of nitrogens with zero attached hydrogens (tertiary/aromatic N) is 5. The Labute approximate surface area is 775 Å². The van der Waals surface area contributed by atoms with Gasteiger partial charge in [-0.2, -0.15) is 0 Å². The molecule has 1 aliphatic heterocycles. The summed E-state index contributed by atoms with van der Waals surface area (Å²) in [6, 6.07) is 31.6. The van der Waals surface area contributed by atoms with Crippen LogP contribution in [0.25, 0.3) is 21.7 Å². The van der Waals surface area contributed by atoms with Crippen LogP contribution in [-0.4, -0.2) is 274 Å². The lowest BCUT2D eigenvalue weighted by Gasteiger charge is -2.37. The number of fused-ring (bicyclic) bond motifs is 2. The zero-order valence-corrected chi connectivity index (χ0v) is 76.6. The number of thioether (sulfide) groups is 1. The van der Waals surface area contributed by atoms with Gasteiger partial charge in [0.2, 0.25) is 94.5 Å². The first-order valence-electron chi connectivity index (χ1n) is 44.0. The van der Waals surface area contributed by atoms with Crippen molar-refractivity contribution in [2.45, 2.75) is 164 Å². The van der Waals surface area contributed by atoms with Crippen LogP contribution in [0.3, 0.4) is 0 Å². The first-order valence-corrected chi connectivity index (χ1v) is 45.1. The Bertz CT molecular complexity index is 5440. The van der Waals surface area contributed by atoms with Gasteiger partial charge < -0.3 is 105 Å². The summed E-state index contributed by atoms with van der Waals surface area (Å²) in [7, 11) is 6.62. The van der Waals surface area contributed by atoms with Gasteiger partial charge in [0.15, 0.2) is 0 Å². The fourth-order valence-electron chi connectivity index (χ4n) is 15.6. The highest BCUT2D eigenvalue weighted by Crippen LogP contribution is 2.26. The molecular formula is C96H120N18O18S. The molecular weight excluding hydrogens is 1730 g/mol. The second kappa shape index (κ2) is 49.7. The summed E-state index contributed by atoms with van der Waals surface area (Å²) in [6.45, 7) is 2.73. The molecule has 18 N–H and O–H groups in total. The number of likely N-dealkylation sites (N-methyl/N-ethyl adjacent to an activating group) is 5. The van der Waals surface area contributed by atoms with Gasteiger partial charge in [-0.05, 0) is 106 Å². The lowest BCUT2D eigenvalue weighted by atomic mass is 9.97. The van der Waals surface area contributed by atoms with Crippen LogP contribution in [0.1, 0.15) is 92.7 Å². The summed E-state index contributed by atoms with van der Waals surface area (Å²) in [4.78, 5) is 245. The fourth-order valence-corrected chi connectivity index (χ4v) is 16.5. The van der Waals surface area contributed by atoms with E-state index in [4.69, 9.17) is 17.2 Å². The number of carbonyl (C=O) groups is 16. The number of aromatic nitrogens is 1. The van der Waals surface area contributed by atoms with Crippen LogP contribution in [0.15, 0.2) is 182 Å². The van der Waals surface area contributed by atoms with Gasteiger partial charge in [0.25, 0.3) is 0 Å². The average molecular weight is 1850 g/mol. The first-order chi connectivity index (χ1) is 63.5. The zero-order valence-electron chi connectivity index (χ0n) is 75.8. The van der Waals surface area contributed by atoms with Crippen LogP contribution in [0, 0.1) is 5.92 Å². The third-order valence-corrected chi connectivity index (χ3v) is 24.1. The second-order valence-corrected chi connectivity index (χ2v) is 34.7. The Morgan fingerprint density at radius 1 is 0.444 bits per heavy atom. The number of aromatic hydroxyl groups is 2. The molecule has 2 heterocycles. The van der Waals surface area contributed by atoms with Gasteiger partial charge in [-0.15, -0.1) is 11.8 Å². The first kappa shape index (κ1) is 103. The molecule has 0 saturated carbocycles. The predicted molar refractivity (Wildman–Crippen MR) is 500 cm³/mol. The number of phenolic OH excluding ortho intramolecular Hbond substituents is 2. The standard InChI is InChI=1S/C96H120N18O18S/c1-9-10-31-77-94(130)111(5)54-83(120)103-73(50-80(98)117)90(126)109-85(57(2)3)96(132)113(7)78(47-59-24-15-12-16-25-59)91(127)107-74(46-61-35-40-67(116)41-36-61)92(128)110(4)53-82(119)102-72(49-65-51-100-69-29-20-19-28-68(65)69)89(125)106-71(44-60-33-38-66(115)39-34-60)88(124)105-70(30-21-42-97)87(123)108-76(86(122)101-52-81(99)118)55-133-56-84(121)104-75(45-58-22-13-11-14-23-58)93(129)114(8)79(95(131)112(77)6)48-62-32-37-63-26-17-18-27-64(63)43-62/h11-20,22-29,32-41,43,51,57,70-79,85,100,115-116H,9-10,21,30-31,42,44-50,52-56,97H2,1-8H3,(H2,98,117)(H2,99,118)(H,101,122)(H,102,119)(H,103,120)(H,104,121)(H,105,124)(H,106,125)(H,107,127)(H,108,123)(H,109,126)/t70-,71-,72-,73-,74-,75-,76-,77-,78-,79-,85-/m0/s1. The van der Waals surface area contributed by atoms with Crippen molar-refractivity contribution in [2.24, 2.45) is 23.1 Å². The quantitative estimate of drug-likeness (QED) is 0.0408. The van der Waals surface area contributed by atoms with Crippen LogP contribution in [0.4, 0.5) is 0 Å². The second-order valence-electron chi connectivity index (χ2n) is 33.6. The van der Waals surface area contributed by atoms with Crippen molar-refractivity contribution in [3.63, 3.8) is 0 Å². The number of benzene rings is 7. The Morgan fingerprint density at radius 2 is 0.925 bits per heavy atom. The maximum atomic E-state index is 15.8. The van der Waals surface area contributed by atoms with Crippen LogP contribution >= 0.6 is 11.8 Å². The molecule has 7 aromatic carbocycles. The van der Waals surface area contributed by atoms with E-state index in [1.165, 1.54) is 93.6 Å². The average Bonchev–Trinajstić information content (AvgIpc) is 1.72. The SMILES string of the molecule is CCCC[C@H]1C(=O)N(C)CC(=O)N[C@@H](CC(N)=O)C(=O)N[C@@H](C(C)C)C(=O)N(C)[C@@H](Cc2ccccc2)C(=O)N[C@@H](Cc2ccc(O)cc2)C(=O)N(C)CC(=O)N[C@@H](Cc2c[nH]c3ccccc23)C(=O)N[C@@H](Cc2ccc(O)cc2)C(=O)N[C@@H](CCCN)C(=O)N[C@H](C(=O)NCC(N)=O)CSCC(=O)N[C@@H](Cc2ccccc2)C(=O)N(C)[C@@H](Cc2ccc3ccccc3c2)C(=O)N1C. The van der Waals surface area contributed by atoms with E-state index in [2.05, 4.69) is 52.8 Å². The van der Waals surface area contributed by atoms with Gasteiger partial charge in [-0.3, -0.25) is 76.7 Å². The van der Waals surface area contributed by atoms with E-state index in [1.54, 1.807) is 111 Å². The number of rotatable bonds is 24. The van der Waals surface area contributed by atoms with E-state index in [0.29, 0.717) is 57.1 Å². The van der Waals surface area contributed by atoms with E-state index in [1.807, 2.05) is 43.3 Å². The van der Waals surface area contributed by atoms with Crippen molar-refractivity contribution in [3.8, 4) is 11.5 Å². The highest BCUT2D eigenvalue weighted by atomic mass is 32.2. The summed E-state index contributed by atoms with van der Waals surface area (Å²) in [6.07, 6.45) is 0.273. The molecule has 708 valence electrons. The molecule has 0 radical (unpaired) electrons. The highest BCUT2D eigenvalue weighted by molar-refractivity contribution is 8.00. The Balaban J connectivity index is 1.12. The van der Waals surface area contributed by atoms with Crippen molar-refractivity contribution in [2.75, 3.05) is 72.9 Å². The maximum Gasteiger partial charge on any atom is 0.246 e. The van der Waals surface area contributed by atoms with E-state index < -0.39 is 204 Å². The number of hydrogen-bond acceptors (Lipinski definition) is 20. The van der Waals surface area contributed by atoms with E-state index in [0.717, 1.165) is 37.2 Å². The summed E-state index contributed by atoms with van der Waals surface area (Å²) in [5.74, 6) is -16.5. The number of phenols is 2. The van der Waals surface area contributed by atoms with Gasteiger partial charge in [0.1, 0.15) is 78.0 Å². The van der Waals surface area contributed by atoms with Gasteiger partial charge in [0.05, 0.1) is 31.8 Å². The van der Waals surface area contributed by atoms with Crippen LogP contribution in [0.2, 0.25) is 0 Å². The number of amides is 16. The number of para-hydroxylation sites is 1. The maximum absolute atomic E-state index is 15.8. The molecule has 8 aromatic rings. The van der Waals surface area contributed by atoms with Crippen molar-refractivity contribution in [1.82, 2.24) is 77.3 Å². The van der Waals surface area contributed by atoms with Crippen molar-refractivity contribution >= 4 is 128 Å². The molecule has 36 nitrogen and oxygen atoms in total. The monoisotopic (exact) mass is 1840 g/mol. The van der Waals surface area contributed by atoms with Crippen LogP contribution < -0.4 is 65.1 Å². The van der Waals surface area contributed by atoms with Crippen LogP contribution in [0.5, 0.6) is 11.5 Å². The zero-order chi connectivity index (χ0) is 96.7. The van der Waals surface area contributed by atoms with Crippen molar-refractivity contribution in [3.05, 3.63) is 216 Å². The largest absolute Gasteiger partial charge is 0.508 e. The van der Waals surface area contributed by atoms with Gasteiger partial charge in [-0.25, -0.2) is 0 Å². The Kier molecular flexibility index (Phi) is 38.3. The molecule has 0 unspecified atom stereocenters. The number of nitrogens with one attached hydrogen (secondary N) is 10. The number of hydrogen-bond donors (Lipinski definition) is 15. The summed E-state index contributed by atoms with van der Waals surface area (Å²) >= 11 is 0.819. The van der Waals surface area contributed by atoms with E-state index in [9.17, 15) is 48.6 Å². The normalized spacial score (nSPS) is 21.6. The van der Waals surface area contributed by atoms with Crippen molar-refractivity contribution < 1.29 is 86.9 Å². The van der Waals surface area contributed by atoms with Gasteiger partial charge >= 0.3 is 0 Å². The molecule has 1 fully saturated rings. The molecule has 133 heavy (non-hydrogen) atoms. The minimum atomic E-state index is -1.79. The third kappa shape index (κ3) is 30.2. The number of H-pyrrole nitrogens is 1. The number of carbonyl (C=O) groups excluding carboxylic acids is 16. The van der Waals surface area contributed by atoms with E-state index in [-0.39, 0.29) is 75.8 Å². The topological polar surface area (TPSA) is 532 Å². The van der Waals surface area contributed by atoms with E-state index >= 15 is 38.4 Å². The van der Waals surface area contributed by atoms with Gasteiger partial charge in [-0.1, -0.05) is 179 Å². The number of primary amides is 2. The lowest BCUT2D eigenvalue weighted by Crippen LogP contribution is -2.61.